The summed E-state index contributed by atoms with van der Waals surface area (Å²) in [5, 5.41) is 7.68. The third kappa shape index (κ3) is 5.41. The highest BCUT2D eigenvalue weighted by Crippen LogP contribution is 2.46. The van der Waals surface area contributed by atoms with Crippen molar-refractivity contribution in [2.24, 2.45) is 0 Å². The van der Waals surface area contributed by atoms with Crippen LogP contribution in [0.1, 0.15) is 12.0 Å². The van der Waals surface area contributed by atoms with Crippen LogP contribution in [0.4, 0.5) is 17.1 Å². The second kappa shape index (κ2) is 13.3. The molecule has 2 aliphatic rings. The molecule has 1 heterocycles. The first-order valence-corrected chi connectivity index (χ1v) is 19.4. The van der Waals surface area contributed by atoms with Crippen LogP contribution in [-0.2, 0) is 0 Å². The Labute approximate surface area is 326 Å². The van der Waals surface area contributed by atoms with Crippen LogP contribution in [0, 0.1) is 0 Å². The predicted octanol–water partition coefficient (Wildman–Crippen LogP) is 14.7. The lowest BCUT2D eigenvalue weighted by atomic mass is 9.90. The van der Waals surface area contributed by atoms with Gasteiger partial charge in [-0.2, -0.15) is 0 Å². The summed E-state index contributed by atoms with van der Waals surface area (Å²) in [4.78, 5) is 2.35. The van der Waals surface area contributed by atoms with Gasteiger partial charge in [0.05, 0.1) is 0 Å². The van der Waals surface area contributed by atoms with E-state index in [9.17, 15) is 0 Å². The van der Waals surface area contributed by atoms with Crippen molar-refractivity contribution in [3.8, 4) is 39.1 Å². The Kier molecular flexibility index (Phi) is 7.67. The Morgan fingerprint density at radius 3 is 1.73 bits per heavy atom. The van der Waals surface area contributed by atoms with Gasteiger partial charge < -0.3 is 9.64 Å². The summed E-state index contributed by atoms with van der Waals surface area (Å²) in [6.07, 6.45) is 7.56. The molecule has 9 aromatic carbocycles. The van der Waals surface area contributed by atoms with Gasteiger partial charge in [0.15, 0.2) is 0 Å². The number of hydrogen-bond acceptors (Lipinski definition) is 2. The maximum atomic E-state index is 6.36. The molecular weight excluding hydrogens is 679 g/mol. The zero-order chi connectivity index (χ0) is 37.0. The highest BCUT2D eigenvalue weighted by Gasteiger charge is 2.31. The molecule has 1 atom stereocenters. The van der Waals surface area contributed by atoms with Crippen LogP contribution in [0.3, 0.4) is 0 Å². The smallest absolute Gasteiger partial charge is 0.128 e. The number of anilines is 3. The van der Waals surface area contributed by atoms with Gasteiger partial charge in [-0.3, -0.25) is 0 Å². The minimum Gasteiger partial charge on any atom is -0.485 e. The van der Waals surface area contributed by atoms with E-state index in [0.717, 1.165) is 29.2 Å². The van der Waals surface area contributed by atoms with Crippen LogP contribution in [0.5, 0.6) is 5.75 Å². The van der Waals surface area contributed by atoms with Crippen molar-refractivity contribution in [2.45, 2.75) is 12.5 Å². The van der Waals surface area contributed by atoms with Crippen molar-refractivity contribution in [3.63, 3.8) is 0 Å². The van der Waals surface area contributed by atoms with Gasteiger partial charge >= 0.3 is 0 Å². The van der Waals surface area contributed by atoms with E-state index in [1.165, 1.54) is 76.8 Å². The summed E-state index contributed by atoms with van der Waals surface area (Å²) >= 11 is 0. The second-order valence-electron chi connectivity index (χ2n) is 14.8. The molecule has 1 aliphatic heterocycles. The largest absolute Gasteiger partial charge is 0.485 e. The maximum Gasteiger partial charge on any atom is 0.128 e. The normalized spacial score (nSPS) is 14.4. The summed E-state index contributed by atoms with van der Waals surface area (Å²) in [6, 6.07) is 68.4. The average Bonchev–Trinajstić information content (AvgIpc) is 3.66. The quantitative estimate of drug-likeness (QED) is 0.159. The Bertz CT molecular complexity index is 2990. The molecule has 0 spiro atoms. The number of benzene rings is 9. The molecule has 1 unspecified atom stereocenters. The second-order valence-corrected chi connectivity index (χ2v) is 14.8. The van der Waals surface area contributed by atoms with Gasteiger partial charge in [-0.25, -0.2) is 0 Å². The number of allylic oxidation sites excluding steroid dienone is 2. The zero-order valence-electron chi connectivity index (χ0n) is 30.8. The first kappa shape index (κ1) is 32.3. The summed E-state index contributed by atoms with van der Waals surface area (Å²) in [7, 11) is 0. The molecular formula is C54H37NO. The third-order valence-corrected chi connectivity index (χ3v) is 11.6. The predicted molar refractivity (Wildman–Crippen MR) is 236 cm³/mol. The van der Waals surface area contributed by atoms with Crippen LogP contribution < -0.4 is 9.64 Å². The lowest BCUT2D eigenvalue weighted by Crippen LogP contribution is -2.12. The fraction of sp³-hybridized carbons (Fsp3) is 0.0370. The molecule has 0 amide bonds. The summed E-state index contributed by atoms with van der Waals surface area (Å²) in [6.45, 7) is 0. The summed E-state index contributed by atoms with van der Waals surface area (Å²) in [5.41, 5.74) is 13.0. The summed E-state index contributed by atoms with van der Waals surface area (Å²) in [5.74, 6) is 0.972. The molecule has 0 radical (unpaired) electrons. The number of ether oxygens (including phenoxy) is 1. The third-order valence-electron chi connectivity index (χ3n) is 11.6. The molecule has 9 aromatic rings. The fourth-order valence-electron chi connectivity index (χ4n) is 8.85. The van der Waals surface area contributed by atoms with Crippen LogP contribution in [0.2, 0.25) is 0 Å². The van der Waals surface area contributed by atoms with Crippen molar-refractivity contribution in [3.05, 3.63) is 212 Å². The van der Waals surface area contributed by atoms with Crippen LogP contribution in [-0.4, -0.2) is 6.10 Å². The zero-order valence-corrected chi connectivity index (χ0v) is 30.8. The molecule has 56 heavy (non-hydrogen) atoms. The van der Waals surface area contributed by atoms with Crippen molar-refractivity contribution in [1.82, 2.24) is 0 Å². The number of rotatable bonds is 6. The molecule has 1 aliphatic carbocycles. The molecule has 0 aromatic heterocycles. The number of hydrogen-bond donors (Lipinski definition) is 0. The monoisotopic (exact) mass is 715 g/mol. The van der Waals surface area contributed by atoms with Gasteiger partial charge in [0.25, 0.3) is 0 Å². The van der Waals surface area contributed by atoms with E-state index in [1.54, 1.807) is 0 Å². The average molecular weight is 716 g/mol. The molecule has 11 rings (SSSR count). The van der Waals surface area contributed by atoms with Crippen molar-refractivity contribution >= 4 is 55.0 Å². The van der Waals surface area contributed by atoms with Gasteiger partial charge in [-0.1, -0.05) is 164 Å². The van der Waals surface area contributed by atoms with Crippen LogP contribution in [0.15, 0.2) is 206 Å². The molecule has 2 heteroatoms. The Morgan fingerprint density at radius 1 is 0.411 bits per heavy atom. The van der Waals surface area contributed by atoms with Crippen LogP contribution >= 0.6 is 0 Å². The Balaban J connectivity index is 0.985. The molecule has 264 valence electrons. The molecule has 0 bridgehead atoms. The topological polar surface area (TPSA) is 12.5 Å². The molecule has 0 saturated carbocycles. The first-order valence-electron chi connectivity index (χ1n) is 19.4. The molecule has 0 saturated heterocycles. The van der Waals surface area contributed by atoms with E-state index in [1.807, 2.05) is 0 Å². The van der Waals surface area contributed by atoms with Crippen molar-refractivity contribution in [2.75, 3.05) is 4.90 Å². The number of nitrogens with zero attached hydrogens (tertiary/aromatic N) is 1. The molecule has 2 nitrogen and oxygen atoms in total. The lowest BCUT2D eigenvalue weighted by molar-refractivity contribution is 0.279. The fourth-order valence-corrected chi connectivity index (χ4v) is 8.85. The van der Waals surface area contributed by atoms with E-state index in [4.69, 9.17) is 4.74 Å². The lowest BCUT2D eigenvalue weighted by Gasteiger charge is -2.26. The van der Waals surface area contributed by atoms with E-state index in [2.05, 4.69) is 211 Å². The minimum absolute atomic E-state index is 0.0984. The SMILES string of the molecule is C1=CCC2Oc3cccc(-c4ccc(N(c5ccc(-c6ccccc6)cc5)c5ccc(-c6cccc7c6ccc6c8ccccc8ccc76)cc5)cc4)c3C2=C1. The van der Waals surface area contributed by atoms with Gasteiger partial charge in [0, 0.05) is 34.6 Å². The maximum absolute atomic E-state index is 6.36. The highest BCUT2D eigenvalue weighted by atomic mass is 16.5. The van der Waals surface area contributed by atoms with Gasteiger partial charge in [0.2, 0.25) is 0 Å². The van der Waals surface area contributed by atoms with E-state index < -0.39 is 0 Å². The van der Waals surface area contributed by atoms with E-state index in [0.29, 0.717) is 0 Å². The van der Waals surface area contributed by atoms with Gasteiger partial charge in [-0.15, -0.1) is 0 Å². The standard InChI is InChI=1S/C54H37NO/c1-2-10-36(11-3-1)37-20-27-41(28-21-37)55(43-31-24-40(25-32-43)46-16-9-19-53-54(46)51-14-6-7-18-52(51)56-53)42-29-22-39(23-30-42)45-15-8-17-47-48(45)34-35-49-44-13-5-4-12-38(44)26-33-50(47)49/h1-17,19-35,52H,18H2. The van der Waals surface area contributed by atoms with E-state index in [-0.39, 0.29) is 6.10 Å². The first-order chi connectivity index (χ1) is 27.8. The minimum atomic E-state index is 0.0984. The van der Waals surface area contributed by atoms with Crippen LogP contribution in [0.25, 0.3) is 71.3 Å². The Hall–Kier alpha value is -7.16. The number of fused-ring (bicyclic) bond motifs is 8. The van der Waals surface area contributed by atoms with Gasteiger partial charge in [-0.05, 0) is 108 Å². The van der Waals surface area contributed by atoms with Crippen molar-refractivity contribution in [1.29, 1.82) is 0 Å². The highest BCUT2D eigenvalue weighted by molar-refractivity contribution is 6.19. The van der Waals surface area contributed by atoms with Gasteiger partial charge in [0.1, 0.15) is 11.9 Å². The van der Waals surface area contributed by atoms with Crippen molar-refractivity contribution < 1.29 is 4.74 Å². The van der Waals surface area contributed by atoms with E-state index >= 15 is 0 Å². The Morgan fingerprint density at radius 2 is 0.964 bits per heavy atom. The molecule has 0 N–H and O–H groups in total. The summed E-state index contributed by atoms with van der Waals surface area (Å²) < 4.78 is 6.36. The molecule has 0 fully saturated rings.